The van der Waals surface area contributed by atoms with E-state index in [1.807, 2.05) is 6.92 Å². The predicted molar refractivity (Wildman–Crippen MR) is 62.5 cm³/mol. The molecule has 0 aromatic carbocycles. The van der Waals surface area contributed by atoms with E-state index in [4.69, 9.17) is 9.29 Å². The molecule has 0 aliphatic rings. The van der Waals surface area contributed by atoms with E-state index < -0.39 is 28.4 Å². The van der Waals surface area contributed by atoms with Gasteiger partial charge in [0.15, 0.2) is 0 Å². The van der Waals surface area contributed by atoms with Crippen molar-refractivity contribution in [1.29, 1.82) is 0 Å². The summed E-state index contributed by atoms with van der Waals surface area (Å²) < 4.78 is 38.4. The summed E-state index contributed by atoms with van der Waals surface area (Å²) in [5, 5.41) is 0. The van der Waals surface area contributed by atoms with Crippen molar-refractivity contribution in [2.45, 2.75) is 32.6 Å². The Morgan fingerprint density at radius 2 is 1.56 bits per heavy atom. The summed E-state index contributed by atoms with van der Waals surface area (Å²) in [7, 11) is -4.12. The molecule has 0 rings (SSSR count). The Labute approximate surface area is 106 Å². The number of hydrogen-bond acceptors (Lipinski definition) is 6. The molecule has 0 saturated carbocycles. The molecule has 0 aliphatic heterocycles. The molecule has 0 saturated heterocycles. The van der Waals surface area contributed by atoms with Gasteiger partial charge < -0.3 is 9.47 Å². The van der Waals surface area contributed by atoms with E-state index in [0.717, 1.165) is 6.42 Å². The zero-order valence-electron chi connectivity index (χ0n) is 10.3. The fourth-order valence-electron chi connectivity index (χ4n) is 0.998. The maximum Gasteiger partial charge on any atom is 0.305 e. The molecule has 0 aliphatic carbocycles. The van der Waals surface area contributed by atoms with Crippen LogP contribution in [-0.4, -0.2) is 43.9 Å². The van der Waals surface area contributed by atoms with Crippen molar-refractivity contribution in [3.8, 4) is 0 Å². The number of ether oxygens (including phenoxy) is 2. The highest BCUT2D eigenvalue weighted by Crippen LogP contribution is 2.00. The maximum absolute atomic E-state index is 11.1. The monoisotopic (exact) mass is 282 g/mol. The predicted octanol–water partition coefficient (Wildman–Crippen LogP) is 0.541. The molecule has 1 N–H and O–H groups in total. The van der Waals surface area contributed by atoms with E-state index in [1.54, 1.807) is 0 Å². The molecule has 7 nitrogen and oxygen atoms in total. The molecule has 8 heteroatoms. The van der Waals surface area contributed by atoms with Crippen LogP contribution in [0, 0.1) is 0 Å². The Kier molecular flexibility index (Phi) is 8.30. The topological polar surface area (TPSA) is 107 Å². The van der Waals surface area contributed by atoms with Crippen molar-refractivity contribution in [3.63, 3.8) is 0 Å². The zero-order valence-corrected chi connectivity index (χ0v) is 11.1. The summed E-state index contributed by atoms with van der Waals surface area (Å²) in [5.41, 5.74) is 0. The fourth-order valence-corrected chi connectivity index (χ4v) is 1.29. The lowest BCUT2D eigenvalue weighted by Gasteiger charge is -2.04. The van der Waals surface area contributed by atoms with Gasteiger partial charge in [-0.2, -0.15) is 8.42 Å². The first-order valence-corrected chi connectivity index (χ1v) is 7.22. The Bertz CT molecular complexity index is 360. The average molecular weight is 282 g/mol. The molecule has 0 atom stereocenters. The number of carbonyl (C=O) groups excluding carboxylic acids is 2. The molecule has 0 aromatic heterocycles. The molecule has 0 amide bonds. The number of esters is 2. The van der Waals surface area contributed by atoms with Gasteiger partial charge >= 0.3 is 11.9 Å². The highest BCUT2D eigenvalue weighted by molar-refractivity contribution is 7.85. The van der Waals surface area contributed by atoms with Crippen LogP contribution in [0.4, 0.5) is 0 Å². The van der Waals surface area contributed by atoms with E-state index >= 15 is 0 Å². The van der Waals surface area contributed by atoms with Crippen molar-refractivity contribution < 1.29 is 32.0 Å². The third-order valence-corrected chi connectivity index (χ3v) is 2.52. The van der Waals surface area contributed by atoms with Gasteiger partial charge in [-0.25, -0.2) is 0 Å². The molecule has 0 unspecified atom stereocenters. The van der Waals surface area contributed by atoms with Gasteiger partial charge in [-0.15, -0.1) is 0 Å². The molecule has 0 radical (unpaired) electrons. The van der Waals surface area contributed by atoms with E-state index in [-0.39, 0.29) is 25.2 Å². The lowest BCUT2D eigenvalue weighted by Crippen LogP contribution is -2.15. The lowest BCUT2D eigenvalue weighted by atomic mass is 10.2. The molecular formula is C10H18O7S. The van der Waals surface area contributed by atoms with Crippen LogP contribution in [0.3, 0.4) is 0 Å². The van der Waals surface area contributed by atoms with Crippen LogP contribution in [0.1, 0.15) is 32.6 Å². The summed E-state index contributed by atoms with van der Waals surface area (Å²) in [6.45, 7) is 1.84. The van der Waals surface area contributed by atoms with E-state index in [0.29, 0.717) is 6.61 Å². The van der Waals surface area contributed by atoms with Crippen LogP contribution in [-0.2, 0) is 29.2 Å². The van der Waals surface area contributed by atoms with Gasteiger partial charge in [0.2, 0.25) is 0 Å². The van der Waals surface area contributed by atoms with Crippen LogP contribution in [0.15, 0.2) is 0 Å². The van der Waals surface area contributed by atoms with Gasteiger partial charge in [0.25, 0.3) is 10.1 Å². The standard InChI is InChI=1S/C10H18O7S/c1-2-6-16-9(11)4-3-5-10(12)17-7-8-18(13,14)15/h2-8H2,1H3,(H,13,14,15). The van der Waals surface area contributed by atoms with Crippen molar-refractivity contribution >= 4 is 22.1 Å². The largest absolute Gasteiger partial charge is 0.466 e. The fraction of sp³-hybridized carbons (Fsp3) is 0.800. The highest BCUT2D eigenvalue weighted by Gasteiger charge is 2.09. The second-order valence-electron chi connectivity index (χ2n) is 3.58. The van der Waals surface area contributed by atoms with Crippen molar-refractivity contribution in [3.05, 3.63) is 0 Å². The Balaban J connectivity index is 3.56. The minimum atomic E-state index is -4.12. The molecular weight excluding hydrogens is 264 g/mol. The van der Waals surface area contributed by atoms with Crippen molar-refractivity contribution in [1.82, 2.24) is 0 Å². The van der Waals surface area contributed by atoms with Gasteiger partial charge in [0.1, 0.15) is 12.4 Å². The Hall–Kier alpha value is -1.15. The molecule has 0 spiro atoms. The first-order chi connectivity index (χ1) is 8.35. The zero-order chi connectivity index (χ0) is 14.0. The van der Waals surface area contributed by atoms with Crippen molar-refractivity contribution in [2.75, 3.05) is 19.0 Å². The third kappa shape index (κ3) is 11.3. The van der Waals surface area contributed by atoms with Gasteiger partial charge in [-0.05, 0) is 12.8 Å². The Morgan fingerprint density at radius 1 is 1.06 bits per heavy atom. The van der Waals surface area contributed by atoms with Crippen LogP contribution in [0.5, 0.6) is 0 Å². The van der Waals surface area contributed by atoms with Gasteiger partial charge in [-0.3, -0.25) is 14.1 Å². The summed E-state index contributed by atoms with van der Waals surface area (Å²) in [6.07, 6.45) is 1.15. The SMILES string of the molecule is CCCOC(=O)CCCC(=O)OCCS(=O)(=O)O. The van der Waals surface area contributed by atoms with Crippen LogP contribution < -0.4 is 0 Å². The number of carbonyl (C=O) groups is 2. The first kappa shape index (κ1) is 16.9. The van der Waals surface area contributed by atoms with Crippen LogP contribution in [0.2, 0.25) is 0 Å². The van der Waals surface area contributed by atoms with Crippen molar-refractivity contribution in [2.24, 2.45) is 0 Å². The minimum absolute atomic E-state index is 0.00665. The second-order valence-corrected chi connectivity index (χ2v) is 5.15. The van der Waals surface area contributed by atoms with E-state index in [9.17, 15) is 18.0 Å². The Morgan fingerprint density at radius 3 is 2.00 bits per heavy atom. The van der Waals surface area contributed by atoms with Gasteiger partial charge in [0, 0.05) is 12.8 Å². The molecule has 106 valence electrons. The number of rotatable bonds is 9. The van der Waals surface area contributed by atoms with E-state index in [2.05, 4.69) is 4.74 Å². The molecule has 18 heavy (non-hydrogen) atoms. The first-order valence-electron chi connectivity index (χ1n) is 5.61. The summed E-state index contributed by atoms with van der Waals surface area (Å²) >= 11 is 0. The maximum atomic E-state index is 11.1. The molecule has 0 aromatic rings. The smallest absolute Gasteiger partial charge is 0.305 e. The summed E-state index contributed by atoms with van der Waals surface area (Å²) in [6, 6.07) is 0. The second kappa shape index (κ2) is 8.87. The molecule has 0 heterocycles. The molecule has 0 fully saturated rings. The van der Waals surface area contributed by atoms with Gasteiger partial charge in [-0.1, -0.05) is 6.92 Å². The van der Waals surface area contributed by atoms with E-state index in [1.165, 1.54) is 0 Å². The number of hydrogen-bond donors (Lipinski definition) is 1. The summed E-state index contributed by atoms with van der Waals surface area (Å²) in [4.78, 5) is 22.1. The summed E-state index contributed by atoms with van der Waals surface area (Å²) in [5.74, 6) is -1.61. The van der Waals surface area contributed by atoms with Crippen LogP contribution >= 0.6 is 0 Å². The molecule has 0 bridgehead atoms. The minimum Gasteiger partial charge on any atom is -0.466 e. The quantitative estimate of drug-likeness (QED) is 0.485. The van der Waals surface area contributed by atoms with Gasteiger partial charge in [0.05, 0.1) is 6.61 Å². The highest BCUT2D eigenvalue weighted by atomic mass is 32.2. The normalized spacial score (nSPS) is 11.0. The average Bonchev–Trinajstić information content (AvgIpc) is 2.24. The van der Waals surface area contributed by atoms with Crippen LogP contribution in [0.25, 0.3) is 0 Å². The lowest BCUT2D eigenvalue weighted by molar-refractivity contribution is -0.145. The third-order valence-electron chi connectivity index (χ3n) is 1.83.